The van der Waals surface area contributed by atoms with Gasteiger partial charge in [-0.25, -0.2) is 19.2 Å². The molecule has 0 aliphatic carbocycles. The number of hydrogen-bond donors (Lipinski definition) is 0. The molecular weight excluding hydrogens is 268 g/mol. The summed E-state index contributed by atoms with van der Waals surface area (Å²) in [6.07, 6.45) is 2.48. The molecule has 0 aromatic rings. The molecule has 0 aromatic heterocycles. The minimum Gasteiger partial charge on any atom is -0.459 e. The topological polar surface area (TPSA) is 96.0 Å². The second kappa shape index (κ2) is 9.26. The molecule has 7 heteroatoms. The molecule has 0 fully saturated rings. The van der Waals surface area contributed by atoms with Crippen LogP contribution in [0.25, 0.3) is 0 Å². The largest absolute Gasteiger partial charge is 0.459 e. The fraction of sp³-hybridized carbons (Fsp3) is 0.231. The number of hydrogen-bond acceptors (Lipinski definition) is 7. The van der Waals surface area contributed by atoms with E-state index >= 15 is 0 Å². The number of carbonyl (C=O) groups excluding carboxylic acids is 4. The molecule has 0 aromatic carbocycles. The first-order valence-electron chi connectivity index (χ1n) is 5.42. The fourth-order valence-corrected chi connectivity index (χ4v) is 0.740. The number of rotatable bonds is 7. The highest BCUT2D eigenvalue weighted by Crippen LogP contribution is 1.94. The van der Waals surface area contributed by atoms with Gasteiger partial charge in [-0.15, -0.1) is 0 Å². The van der Waals surface area contributed by atoms with Gasteiger partial charge in [0.1, 0.15) is 13.2 Å². The number of esters is 4. The first-order chi connectivity index (χ1) is 9.36. The Balaban J connectivity index is 3.96. The molecule has 0 heterocycles. The molecule has 0 spiro atoms. The van der Waals surface area contributed by atoms with Crippen molar-refractivity contribution < 1.29 is 33.4 Å². The van der Waals surface area contributed by atoms with E-state index in [1.807, 2.05) is 0 Å². The van der Waals surface area contributed by atoms with Gasteiger partial charge in [-0.2, -0.15) is 0 Å². The van der Waals surface area contributed by atoms with Crippen LogP contribution in [0.2, 0.25) is 0 Å². The lowest BCUT2D eigenvalue weighted by molar-refractivity contribution is -0.153. The quantitative estimate of drug-likeness (QED) is 0.220. The minimum atomic E-state index is -1.02. The minimum absolute atomic E-state index is 0.0540. The summed E-state index contributed by atoms with van der Waals surface area (Å²) >= 11 is 0. The summed E-state index contributed by atoms with van der Waals surface area (Å²) in [5.74, 6) is -3.39. The van der Waals surface area contributed by atoms with Crippen LogP contribution in [0.4, 0.5) is 0 Å². The first-order valence-corrected chi connectivity index (χ1v) is 5.42. The van der Waals surface area contributed by atoms with Crippen molar-refractivity contribution in [3.8, 4) is 0 Å². The Morgan fingerprint density at radius 1 is 0.950 bits per heavy atom. The van der Waals surface area contributed by atoms with Gasteiger partial charge in [0, 0.05) is 23.8 Å². The third kappa shape index (κ3) is 8.40. The zero-order valence-electron chi connectivity index (χ0n) is 10.9. The molecule has 0 aliphatic rings. The van der Waals surface area contributed by atoms with Gasteiger partial charge in [0.05, 0.1) is 0 Å². The summed E-state index contributed by atoms with van der Waals surface area (Å²) in [6.45, 7) is 7.52. The zero-order chi connectivity index (χ0) is 15.5. The standard InChI is InChI=1S/C13H14O7/c1-4-10(14)18-7-8-19-11(15)5-6-12(16)20-13(17)9(2)3/h4-6H,1-2,7-8H2,3H3/b6-5-. The molecule has 0 radical (unpaired) electrons. The van der Waals surface area contributed by atoms with Gasteiger partial charge in [-0.1, -0.05) is 13.2 Å². The lowest BCUT2D eigenvalue weighted by Gasteiger charge is -2.02. The van der Waals surface area contributed by atoms with Gasteiger partial charge in [0.2, 0.25) is 0 Å². The van der Waals surface area contributed by atoms with Crippen LogP contribution in [0.1, 0.15) is 6.92 Å². The third-order valence-corrected chi connectivity index (χ3v) is 1.64. The van der Waals surface area contributed by atoms with Crippen molar-refractivity contribution in [1.29, 1.82) is 0 Å². The van der Waals surface area contributed by atoms with Crippen LogP contribution in [-0.4, -0.2) is 37.1 Å². The van der Waals surface area contributed by atoms with E-state index in [9.17, 15) is 19.2 Å². The number of ether oxygens (including phenoxy) is 3. The lowest BCUT2D eigenvalue weighted by atomic mass is 10.4. The molecule has 20 heavy (non-hydrogen) atoms. The second-order valence-electron chi connectivity index (χ2n) is 3.36. The summed E-state index contributed by atoms with van der Waals surface area (Å²) < 4.78 is 13.4. The van der Waals surface area contributed by atoms with E-state index in [0.29, 0.717) is 0 Å². The van der Waals surface area contributed by atoms with Crippen LogP contribution in [0.5, 0.6) is 0 Å². The predicted molar refractivity (Wildman–Crippen MR) is 67.2 cm³/mol. The Labute approximate surface area is 115 Å². The lowest BCUT2D eigenvalue weighted by Crippen LogP contribution is -2.13. The third-order valence-electron chi connectivity index (χ3n) is 1.64. The van der Waals surface area contributed by atoms with E-state index in [-0.39, 0.29) is 18.8 Å². The molecule has 0 amide bonds. The molecule has 7 nitrogen and oxygen atoms in total. The Bertz CT molecular complexity index is 459. The van der Waals surface area contributed by atoms with E-state index in [0.717, 1.165) is 18.2 Å². The molecule has 0 atom stereocenters. The van der Waals surface area contributed by atoms with Gasteiger partial charge >= 0.3 is 23.9 Å². The van der Waals surface area contributed by atoms with Crippen LogP contribution in [0.3, 0.4) is 0 Å². The SMILES string of the molecule is C=CC(=O)OCCOC(=O)/C=C\C(=O)OC(=O)C(=C)C. The molecule has 0 N–H and O–H groups in total. The van der Waals surface area contributed by atoms with Gasteiger partial charge in [0.15, 0.2) is 0 Å². The Morgan fingerprint density at radius 2 is 1.45 bits per heavy atom. The molecule has 108 valence electrons. The van der Waals surface area contributed by atoms with Crippen LogP contribution in [0, 0.1) is 0 Å². The van der Waals surface area contributed by atoms with Gasteiger partial charge < -0.3 is 14.2 Å². The number of carbonyl (C=O) groups is 4. The zero-order valence-corrected chi connectivity index (χ0v) is 10.9. The maximum Gasteiger partial charge on any atom is 0.340 e. The maximum atomic E-state index is 11.1. The Morgan fingerprint density at radius 3 is 1.95 bits per heavy atom. The summed E-state index contributed by atoms with van der Waals surface area (Å²) in [7, 11) is 0. The fourth-order valence-electron chi connectivity index (χ4n) is 0.740. The Hall–Kier alpha value is -2.70. The van der Waals surface area contributed by atoms with Crippen LogP contribution in [0.15, 0.2) is 37.0 Å². The van der Waals surface area contributed by atoms with E-state index in [2.05, 4.69) is 27.4 Å². The summed E-state index contributed by atoms with van der Waals surface area (Å²) in [5.41, 5.74) is 0.0540. The van der Waals surface area contributed by atoms with Crippen molar-refractivity contribution in [3.05, 3.63) is 37.0 Å². The van der Waals surface area contributed by atoms with Gasteiger partial charge in [-0.3, -0.25) is 0 Å². The van der Waals surface area contributed by atoms with Crippen molar-refractivity contribution in [3.63, 3.8) is 0 Å². The first kappa shape index (κ1) is 17.3. The highest BCUT2D eigenvalue weighted by atomic mass is 16.6. The molecule has 0 saturated carbocycles. The molecule has 0 aliphatic heterocycles. The predicted octanol–water partition coefficient (Wildman–Crippen LogP) is 0.461. The summed E-state index contributed by atoms with van der Waals surface area (Å²) in [5, 5.41) is 0. The molecule has 0 rings (SSSR count). The monoisotopic (exact) mass is 282 g/mol. The smallest absolute Gasteiger partial charge is 0.340 e. The van der Waals surface area contributed by atoms with Gasteiger partial charge in [-0.05, 0) is 6.92 Å². The Kier molecular flexibility index (Phi) is 8.01. The molecule has 0 saturated heterocycles. The van der Waals surface area contributed by atoms with Crippen molar-refractivity contribution in [1.82, 2.24) is 0 Å². The molecule has 0 unspecified atom stereocenters. The van der Waals surface area contributed by atoms with Gasteiger partial charge in [0.25, 0.3) is 0 Å². The van der Waals surface area contributed by atoms with Crippen LogP contribution < -0.4 is 0 Å². The summed E-state index contributed by atoms with van der Waals surface area (Å²) in [4.78, 5) is 43.7. The van der Waals surface area contributed by atoms with Crippen molar-refractivity contribution in [2.75, 3.05) is 13.2 Å². The van der Waals surface area contributed by atoms with Crippen molar-refractivity contribution in [2.45, 2.75) is 6.92 Å². The average Bonchev–Trinajstić information content (AvgIpc) is 2.40. The van der Waals surface area contributed by atoms with Crippen molar-refractivity contribution >= 4 is 23.9 Å². The van der Waals surface area contributed by atoms with E-state index in [4.69, 9.17) is 0 Å². The van der Waals surface area contributed by atoms with E-state index < -0.39 is 23.9 Å². The highest BCUT2D eigenvalue weighted by molar-refractivity contribution is 6.00. The van der Waals surface area contributed by atoms with Crippen LogP contribution in [-0.2, 0) is 33.4 Å². The highest BCUT2D eigenvalue weighted by Gasteiger charge is 2.08. The maximum absolute atomic E-state index is 11.1. The summed E-state index contributed by atoms with van der Waals surface area (Å²) in [6, 6.07) is 0. The van der Waals surface area contributed by atoms with E-state index in [1.165, 1.54) is 6.92 Å². The molecule has 0 bridgehead atoms. The average molecular weight is 282 g/mol. The van der Waals surface area contributed by atoms with E-state index in [1.54, 1.807) is 0 Å². The second-order valence-corrected chi connectivity index (χ2v) is 3.36. The van der Waals surface area contributed by atoms with Crippen molar-refractivity contribution in [2.24, 2.45) is 0 Å². The molecular formula is C13H14O7. The normalized spacial score (nSPS) is 9.65. The van der Waals surface area contributed by atoms with Crippen LogP contribution >= 0.6 is 0 Å².